The van der Waals surface area contributed by atoms with E-state index in [4.69, 9.17) is 19.6 Å². The number of morpholine rings is 1. The van der Waals surface area contributed by atoms with E-state index in [1.807, 2.05) is 26.0 Å². The van der Waals surface area contributed by atoms with E-state index in [0.717, 1.165) is 48.7 Å². The van der Waals surface area contributed by atoms with Gasteiger partial charge in [0.15, 0.2) is 0 Å². The highest BCUT2D eigenvalue weighted by Gasteiger charge is 2.16. The predicted octanol–water partition coefficient (Wildman–Crippen LogP) is 2.66. The van der Waals surface area contributed by atoms with Gasteiger partial charge < -0.3 is 27.5 Å². The van der Waals surface area contributed by atoms with E-state index in [9.17, 15) is 4.48 Å². The van der Waals surface area contributed by atoms with Crippen LogP contribution in [0.2, 0.25) is 0 Å². The van der Waals surface area contributed by atoms with Crippen molar-refractivity contribution in [2.24, 2.45) is 0 Å². The number of diazo groups is 1. The number of hydrogen-bond donors (Lipinski definition) is 0. The third kappa shape index (κ3) is 6.18. The number of hydrogen-bond acceptors (Lipinski definition) is 5. The van der Waals surface area contributed by atoms with E-state index in [1.54, 1.807) is 0 Å². The molecule has 0 aliphatic carbocycles. The van der Waals surface area contributed by atoms with Gasteiger partial charge in [0.25, 0.3) is 9.87 Å². The fourth-order valence-corrected chi connectivity index (χ4v) is 2.08. The molecule has 1 aliphatic heterocycles. The van der Waals surface area contributed by atoms with Gasteiger partial charge in [-0.25, -0.2) is 0 Å². The Labute approximate surface area is 132 Å². The maximum Gasteiger partial charge on any atom is 0.458 e. The predicted molar refractivity (Wildman–Crippen MR) is 83.8 cm³/mol. The zero-order chi connectivity index (χ0) is 15.5. The van der Waals surface area contributed by atoms with Gasteiger partial charge in [-0.1, -0.05) is 0 Å². The van der Waals surface area contributed by atoms with Crippen LogP contribution in [0.4, 0.5) is 10.2 Å². The number of benzene rings is 1. The van der Waals surface area contributed by atoms with Crippen molar-refractivity contribution in [1.82, 2.24) is 0 Å². The van der Waals surface area contributed by atoms with Crippen molar-refractivity contribution >= 4 is 14.1 Å². The highest BCUT2D eigenvalue weighted by atomic mass is 19.2. The number of nitrogens with zero attached hydrogens (tertiary/aromatic N) is 3. The van der Waals surface area contributed by atoms with Gasteiger partial charge in [-0.3, -0.25) is 0 Å². The first kappa shape index (κ1) is 20.0. The van der Waals surface area contributed by atoms with Crippen LogP contribution >= 0.6 is 0 Å². The molecule has 0 atom stereocenters. The van der Waals surface area contributed by atoms with Crippen LogP contribution in [0, 0.1) is 5.39 Å². The van der Waals surface area contributed by atoms with Gasteiger partial charge in [-0.15, -0.1) is 0 Å². The minimum Gasteiger partial charge on any atom is -1.00 e. The Morgan fingerprint density at radius 2 is 1.82 bits per heavy atom. The SMILES string of the molecule is CCOc1ccc(OCC)c(N2CCOCC2)c1.N#[N+]F.[B-]. The molecule has 0 saturated carbocycles. The van der Waals surface area contributed by atoms with Crippen molar-refractivity contribution in [2.45, 2.75) is 13.8 Å². The fraction of sp³-hybridized carbons (Fsp3) is 0.571. The smallest absolute Gasteiger partial charge is 0.458 e. The number of halogens is 1. The second kappa shape index (κ2) is 11.6. The summed E-state index contributed by atoms with van der Waals surface area (Å²) < 4.78 is 26.1. The Morgan fingerprint density at radius 1 is 1.23 bits per heavy atom. The molecule has 0 amide bonds. The summed E-state index contributed by atoms with van der Waals surface area (Å²) in [5.41, 5.74) is 1.10. The van der Waals surface area contributed by atoms with Gasteiger partial charge in [-0.2, -0.15) is 0 Å². The molecule has 0 N–H and O–H groups in total. The molecule has 1 fully saturated rings. The second-order valence-corrected chi connectivity index (χ2v) is 4.17. The average molecular weight is 309 g/mol. The molecule has 22 heavy (non-hydrogen) atoms. The molecule has 4 radical (unpaired) electrons. The van der Waals surface area contributed by atoms with Crippen LogP contribution in [-0.2, 0) is 4.74 Å². The Morgan fingerprint density at radius 3 is 2.36 bits per heavy atom. The largest absolute Gasteiger partial charge is 1.00 e. The van der Waals surface area contributed by atoms with Gasteiger partial charge in [0.1, 0.15) is 11.5 Å². The lowest BCUT2D eigenvalue weighted by Crippen LogP contribution is -2.36. The molecular weight excluding hydrogens is 288 g/mol. The zero-order valence-corrected chi connectivity index (χ0v) is 13.0. The van der Waals surface area contributed by atoms with E-state index in [0.29, 0.717) is 13.2 Å². The molecule has 1 aromatic rings. The maximum atomic E-state index is 9.47. The fourth-order valence-electron chi connectivity index (χ4n) is 2.08. The first-order valence-electron chi connectivity index (χ1n) is 6.94. The molecule has 0 unspecified atom stereocenters. The van der Waals surface area contributed by atoms with Crippen LogP contribution in [0.15, 0.2) is 18.2 Å². The van der Waals surface area contributed by atoms with Crippen LogP contribution in [0.25, 0.3) is 5.20 Å². The van der Waals surface area contributed by atoms with Crippen LogP contribution in [-0.4, -0.2) is 47.9 Å². The van der Waals surface area contributed by atoms with Gasteiger partial charge in [0, 0.05) is 19.2 Å². The number of rotatable bonds is 5. The van der Waals surface area contributed by atoms with Crippen molar-refractivity contribution in [3.8, 4) is 11.5 Å². The third-order valence-electron chi connectivity index (χ3n) is 2.89. The summed E-state index contributed by atoms with van der Waals surface area (Å²) >= 11 is 0. The van der Waals surface area contributed by atoms with E-state index in [1.165, 1.54) is 0 Å². The second-order valence-electron chi connectivity index (χ2n) is 4.17. The maximum absolute atomic E-state index is 9.47. The molecule has 0 spiro atoms. The van der Waals surface area contributed by atoms with Crippen molar-refractivity contribution in [1.29, 1.82) is 5.39 Å². The van der Waals surface area contributed by atoms with Crippen LogP contribution < -0.4 is 14.4 Å². The number of ether oxygens (including phenoxy) is 3. The minimum absolute atomic E-state index is 0. The Bertz CT molecular complexity index is 465. The van der Waals surface area contributed by atoms with Crippen molar-refractivity contribution in [3.63, 3.8) is 0 Å². The molecule has 1 aromatic carbocycles. The van der Waals surface area contributed by atoms with Crippen molar-refractivity contribution in [3.05, 3.63) is 23.4 Å². The van der Waals surface area contributed by atoms with E-state index in [-0.39, 0.29) is 8.41 Å². The summed E-state index contributed by atoms with van der Waals surface area (Å²) in [7, 11) is 0. The minimum atomic E-state index is 0. The first-order valence-corrected chi connectivity index (χ1v) is 6.94. The molecule has 0 bridgehead atoms. The molecule has 1 saturated heterocycles. The molecule has 1 heterocycles. The summed E-state index contributed by atoms with van der Waals surface area (Å²) in [6.45, 7) is 8.67. The summed E-state index contributed by atoms with van der Waals surface area (Å²) in [6, 6.07) is 6.00. The molecule has 6 nitrogen and oxygen atoms in total. The Hall–Kier alpha value is -2.01. The van der Waals surface area contributed by atoms with Crippen molar-refractivity contribution < 1.29 is 18.7 Å². The lowest BCUT2D eigenvalue weighted by Gasteiger charge is -2.30. The third-order valence-corrected chi connectivity index (χ3v) is 2.89. The Balaban J connectivity index is 0.00000102. The summed E-state index contributed by atoms with van der Waals surface area (Å²) in [5, 5.41) is 7.53. The monoisotopic (exact) mass is 309 g/mol. The van der Waals surface area contributed by atoms with Gasteiger partial charge in [0.2, 0.25) is 0 Å². The zero-order valence-electron chi connectivity index (χ0n) is 13.0. The average Bonchev–Trinajstić information content (AvgIpc) is 2.51. The first-order chi connectivity index (χ1) is 10.3. The van der Waals surface area contributed by atoms with E-state index in [2.05, 4.69) is 11.0 Å². The van der Waals surface area contributed by atoms with Gasteiger partial charge >= 0.3 is 5.20 Å². The number of anilines is 1. The van der Waals surface area contributed by atoms with Gasteiger partial charge in [-0.05, 0) is 26.0 Å². The van der Waals surface area contributed by atoms with Crippen LogP contribution in [0.3, 0.4) is 0 Å². The molecule has 2 rings (SSSR count). The highest BCUT2D eigenvalue weighted by Crippen LogP contribution is 2.33. The normalized spacial score (nSPS) is 13.1. The summed E-state index contributed by atoms with van der Waals surface area (Å²) in [5.74, 6) is 1.81. The summed E-state index contributed by atoms with van der Waals surface area (Å²) in [4.78, 5) is 2.29. The van der Waals surface area contributed by atoms with Crippen molar-refractivity contribution in [2.75, 3.05) is 44.4 Å². The molecular formula is C14H21BFN3O3. The summed E-state index contributed by atoms with van der Waals surface area (Å²) in [6.07, 6.45) is 0. The molecule has 1 aliphatic rings. The Kier molecular flexibility index (Phi) is 10.6. The molecule has 8 heteroatoms. The molecule has 0 aromatic heterocycles. The van der Waals surface area contributed by atoms with E-state index < -0.39 is 0 Å². The van der Waals surface area contributed by atoms with Crippen LogP contribution in [0.5, 0.6) is 11.5 Å². The topological polar surface area (TPSA) is 59.1 Å². The standard InChI is InChI=1S/C14H21NO3.B.FN2/c1-3-17-12-5-6-14(18-4-2)13(11-12)15-7-9-16-10-8-15;;1-3-2/h5-6,11H,3-4,7-10H2,1-2H3;;/q;-1;+1. The highest BCUT2D eigenvalue weighted by molar-refractivity contribution is 5.75. The van der Waals surface area contributed by atoms with Gasteiger partial charge in [0.05, 0.1) is 32.1 Å². The quantitative estimate of drug-likeness (QED) is 0.618. The lowest BCUT2D eigenvalue weighted by atomic mass is 10.2. The van der Waals surface area contributed by atoms with E-state index >= 15 is 0 Å². The molecule has 120 valence electrons. The lowest BCUT2D eigenvalue weighted by molar-refractivity contribution is 0.122. The van der Waals surface area contributed by atoms with Crippen LogP contribution in [0.1, 0.15) is 13.8 Å².